The van der Waals surface area contributed by atoms with Gasteiger partial charge >= 0.3 is 0 Å². The van der Waals surface area contributed by atoms with Crippen molar-refractivity contribution in [2.75, 3.05) is 5.32 Å². The van der Waals surface area contributed by atoms with Gasteiger partial charge in [-0.3, -0.25) is 9.78 Å². The topological polar surface area (TPSA) is 89.3 Å². The second-order valence-corrected chi connectivity index (χ2v) is 8.75. The number of fused-ring (bicyclic) bond motifs is 1. The number of nitrogens with two attached hydrogens (primary N) is 1. The van der Waals surface area contributed by atoms with E-state index in [1.54, 1.807) is 54.7 Å². The van der Waals surface area contributed by atoms with E-state index in [0.717, 1.165) is 5.56 Å². The Kier molecular flexibility index (Phi) is 7.22. The summed E-state index contributed by atoms with van der Waals surface area (Å²) in [4.78, 5) is 16.1. The second-order valence-electron chi connectivity index (χ2n) is 7.31. The van der Waals surface area contributed by atoms with Crippen molar-refractivity contribution in [1.29, 1.82) is 0 Å². The molecule has 172 valence electrons. The maximum atomic E-state index is 13.0. The van der Waals surface area contributed by atoms with E-state index in [1.165, 1.54) is 12.1 Å². The first-order valence-electron chi connectivity index (χ1n) is 10.0. The number of primary amides is 1. The van der Waals surface area contributed by atoms with Crippen molar-refractivity contribution in [3.63, 3.8) is 0 Å². The molecule has 34 heavy (non-hydrogen) atoms. The highest BCUT2D eigenvalue weighted by molar-refractivity contribution is 7.80. The van der Waals surface area contributed by atoms with E-state index in [-0.39, 0.29) is 5.82 Å². The van der Waals surface area contributed by atoms with Gasteiger partial charge in [-0.05, 0) is 65.6 Å². The van der Waals surface area contributed by atoms with Crippen LogP contribution in [0.25, 0.3) is 10.9 Å². The maximum Gasteiger partial charge on any atom is 0.249 e. The molecule has 0 aliphatic carbocycles. The average molecular weight is 513 g/mol. The lowest BCUT2D eigenvalue weighted by molar-refractivity contribution is 0.100. The Balaban J connectivity index is 1.47. The smallest absolute Gasteiger partial charge is 0.249 e. The molecule has 1 heterocycles. The fourth-order valence-corrected chi connectivity index (χ4v) is 4.01. The molecule has 3 aromatic carbocycles. The molecule has 0 aliphatic rings. The number of anilines is 1. The standard InChI is InChI=1S/C24H19ClFN4O2PS/c25-18-9-15(5-6-19(18)30-24(34)29-12-13-1-3-14(26)4-2-13)32-21-7-8-28-20-11-22(33)17(23(27)31)10-16(20)21/h1-11H,12,33H2,(H2,27,31)(H2,29,30,34). The minimum Gasteiger partial charge on any atom is -0.457 e. The van der Waals surface area contributed by atoms with Gasteiger partial charge in [0.05, 0.1) is 16.2 Å². The number of hydrogen-bond acceptors (Lipinski definition) is 4. The Hall–Kier alpha value is -3.32. The second kappa shape index (κ2) is 10.3. The van der Waals surface area contributed by atoms with Crippen molar-refractivity contribution in [3.8, 4) is 11.5 Å². The number of hydrogen-bond donors (Lipinski definition) is 3. The lowest BCUT2D eigenvalue weighted by Gasteiger charge is -2.14. The van der Waals surface area contributed by atoms with Crippen molar-refractivity contribution < 1.29 is 13.9 Å². The predicted octanol–water partition coefficient (Wildman–Crippen LogP) is 4.91. The zero-order chi connectivity index (χ0) is 24.2. The summed E-state index contributed by atoms with van der Waals surface area (Å²) in [5.41, 5.74) is 7.99. The average Bonchev–Trinajstić information content (AvgIpc) is 2.80. The lowest BCUT2D eigenvalue weighted by Crippen LogP contribution is -2.28. The molecule has 1 aromatic heterocycles. The minimum absolute atomic E-state index is 0.291. The zero-order valence-electron chi connectivity index (χ0n) is 17.6. The van der Waals surface area contributed by atoms with Crippen LogP contribution in [0.2, 0.25) is 5.02 Å². The number of rotatable bonds is 6. The van der Waals surface area contributed by atoms with Crippen LogP contribution >= 0.6 is 33.1 Å². The van der Waals surface area contributed by atoms with Gasteiger partial charge in [0.25, 0.3) is 0 Å². The largest absolute Gasteiger partial charge is 0.457 e. The van der Waals surface area contributed by atoms with Crippen LogP contribution in [0.5, 0.6) is 11.5 Å². The molecule has 0 saturated carbocycles. The zero-order valence-corrected chi connectivity index (χ0v) is 20.4. The van der Waals surface area contributed by atoms with E-state index in [9.17, 15) is 9.18 Å². The normalized spacial score (nSPS) is 10.7. The van der Waals surface area contributed by atoms with Gasteiger partial charge < -0.3 is 21.1 Å². The van der Waals surface area contributed by atoms with Crippen LogP contribution in [0, 0.1) is 5.82 Å². The van der Waals surface area contributed by atoms with E-state index in [0.29, 0.717) is 55.6 Å². The van der Waals surface area contributed by atoms with E-state index in [2.05, 4.69) is 24.9 Å². The predicted molar refractivity (Wildman–Crippen MR) is 141 cm³/mol. The first-order chi connectivity index (χ1) is 16.3. The van der Waals surface area contributed by atoms with Gasteiger partial charge in [0.2, 0.25) is 5.91 Å². The van der Waals surface area contributed by atoms with E-state index in [1.807, 2.05) is 0 Å². The number of carbonyl (C=O) groups excluding carboxylic acids is 1. The molecule has 0 bridgehead atoms. The molecule has 0 spiro atoms. The summed E-state index contributed by atoms with van der Waals surface area (Å²) in [6, 6.07) is 16.4. The number of ether oxygens (including phenoxy) is 1. The SMILES string of the molecule is NC(=O)c1cc2c(Oc3ccc(NC(=S)NCc4ccc(F)cc4)c(Cl)c3)ccnc2cc1P. The molecule has 4 N–H and O–H groups in total. The summed E-state index contributed by atoms with van der Waals surface area (Å²) >= 11 is 11.8. The van der Waals surface area contributed by atoms with Crippen molar-refractivity contribution in [2.24, 2.45) is 5.73 Å². The highest BCUT2D eigenvalue weighted by atomic mass is 35.5. The van der Waals surface area contributed by atoms with Crippen LogP contribution in [-0.4, -0.2) is 16.0 Å². The van der Waals surface area contributed by atoms with Crippen LogP contribution in [-0.2, 0) is 6.54 Å². The number of carbonyl (C=O) groups is 1. The molecule has 6 nitrogen and oxygen atoms in total. The summed E-state index contributed by atoms with van der Waals surface area (Å²) in [7, 11) is 2.49. The minimum atomic E-state index is -0.538. The van der Waals surface area contributed by atoms with E-state index >= 15 is 0 Å². The van der Waals surface area contributed by atoms with Crippen LogP contribution < -0.4 is 26.4 Å². The molecule has 0 radical (unpaired) electrons. The Labute approximate surface area is 207 Å². The number of aromatic nitrogens is 1. The molecular formula is C24H19ClFN4O2PS. The molecular weight excluding hydrogens is 494 g/mol. The third kappa shape index (κ3) is 5.59. The van der Waals surface area contributed by atoms with Gasteiger partial charge in [-0.25, -0.2) is 4.39 Å². The first kappa shape index (κ1) is 23.8. The molecule has 4 rings (SSSR count). The quantitative estimate of drug-likeness (QED) is 0.251. The monoisotopic (exact) mass is 512 g/mol. The number of thiocarbonyl (C=S) groups is 1. The van der Waals surface area contributed by atoms with Crippen molar-refractivity contribution in [1.82, 2.24) is 10.3 Å². The number of nitrogens with one attached hydrogen (secondary N) is 2. The van der Waals surface area contributed by atoms with Gasteiger partial charge in [-0.1, -0.05) is 23.7 Å². The van der Waals surface area contributed by atoms with Crippen LogP contribution in [0.3, 0.4) is 0 Å². The highest BCUT2D eigenvalue weighted by Gasteiger charge is 2.12. The first-order valence-corrected chi connectivity index (χ1v) is 11.4. The van der Waals surface area contributed by atoms with E-state index in [4.69, 9.17) is 34.3 Å². The van der Waals surface area contributed by atoms with Crippen LogP contribution in [0.15, 0.2) is 66.9 Å². The van der Waals surface area contributed by atoms with Crippen LogP contribution in [0.4, 0.5) is 10.1 Å². The van der Waals surface area contributed by atoms with Gasteiger partial charge in [0, 0.05) is 29.8 Å². The summed E-state index contributed by atoms with van der Waals surface area (Å²) in [6.07, 6.45) is 1.62. The number of nitrogens with zero attached hydrogens (tertiary/aromatic N) is 1. The Morgan fingerprint density at radius 1 is 1.15 bits per heavy atom. The Bertz CT molecular complexity index is 1400. The number of amides is 1. The van der Waals surface area contributed by atoms with Gasteiger partial charge in [-0.15, -0.1) is 9.24 Å². The van der Waals surface area contributed by atoms with Crippen LogP contribution in [0.1, 0.15) is 15.9 Å². The molecule has 1 unspecified atom stereocenters. The Morgan fingerprint density at radius 2 is 1.91 bits per heavy atom. The maximum absolute atomic E-state index is 13.0. The van der Waals surface area contributed by atoms with Gasteiger partial charge in [-0.2, -0.15) is 0 Å². The third-order valence-corrected chi connectivity index (χ3v) is 5.96. The number of halogens is 2. The third-order valence-electron chi connectivity index (χ3n) is 4.92. The van der Waals surface area contributed by atoms with Gasteiger partial charge in [0.15, 0.2) is 5.11 Å². The van der Waals surface area contributed by atoms with Crippen molar-refractivity contribution >= 4 is 66.0 Å². The molecule has 10 heteroatoms. The summed E-state index contributed by atoms with van der Waals surface area (Å²) in [6.45, 7) is 0.436. The van der Waals surface area contributed by atoms with Crippen molar-refractivity contribution in [3.05, 3.63) is 88.8 Å². The van der Waals surface area contributed by atoms with Crippen molar-refractivity contribution in [2.45, 2.75) is 6.54 Å². The molecule has 0 fully saturated rings. The number of benzene rings is 3. The number of pyridine rings is 1. The van der Waals surface area contributed by atoms with Gasteiger partial charge in [0.1, 0.15) is 17.3 Å². The molecule has 0 saturated heterocycles. The lowest BCUT2D eigenvalue weighted by atomic mass is 10.1. The fraction of sp³-hybridized carbons (Fsp3) is 0.0417. The summed E-state index contributed by atoms with van der Waals surface area (Å²) < 4.78 is 19.1. The van der Waals surface area contributed by atoms with E-state index < -0.39 is 5.91 Å². The molecule has 1 amide bonds. The molecule has 1 atom stereocenters. The summed E-state index contributed by atoms with van der Waals surface area (Å²) in [5.74, 6) is 0.166. The highest BCUT2D eigenvalue weighted by Crippen LogP contribution is 2.33. The Morgan fingerprint density at radius 3 is 2.62 bits per heavy atom. The molecule has 0 aliphatic heterocycles. The fourth-order valence-electron chi connectivity index (χ4n) is 3.22. The summed E-state index contributed by atoms with van der Waals surface area (Å²) in [5, 5.41) is 8.15. The molecule has 4 aromatic rings.